The van der Waals surface area contributed by atoms with Gasteiger partial charge in [0.15, 0.2) is 0 Å². The van der Waals surface area contributed by atoms with E-state index in [1.807, 2.05) is 27.7 Å². The summed E-state index contributed by atoms with van der Waals surface area (Å²) in [6.07, 6.45) is 0.153. The van der Waals surface area contributed by atoms with Crippen molar-refractivity contribution in [3.05, 3.63) is 55.8 Å². The van der Waals surface area contributed by atoms with Crippen molar-refractivity contribution in [1.29, 1.82) is 0 Å². The zero-order valence-corrected chi connectivity index (χ0v) is 20.0. The number of aryl methyl sites for hydroxylation is 1. The molecule has 0 N–H and O–H groups in total. The summed E-state index contributed by atoms with van der Waals surface area (Å²) in [6, 6.07) is 2.82. The van der Waals surface area contributed by atoms with E-state index in [1.54, 1.807) is 32.4 Å². The predicted octanol–water partition coefficient (Wildman–Crippen LogP) is 5.42. The Labute approximate surface area is 188 Å². The van der Waals surface area contributed by atoms with E-state index in [0.717, 1.165) is 11.1 Å². The Morgan fingerprint density at radius 3 is 2.28 bits per heavy atom. The van der Waals surface area contributed by atoms with Crippen LogP contribution in [0.4, 0.5) is 5.69 Å². The van der Waals surface area contributed by atoms with Gasteiger partial charge >= 0.3 is 5.97 Å². The molecule has 0 aliphatic heterocycles. The standard InChI is InChI=1S/C24H31N3O5/c1-9-20(28)32-24-22(17(8)25-26(24)12-13(2)3)23(29)18-10-11-19(27(30)31)21(16(18)7)15(6)14(4)5/h10-11,13H,9,12H2,1-8H3. The summed E-state index contributed by atoms with van der Waals surface area (Å²) in [5.74, 6) is -0.521. The van der Waals surface area contributed by atoms with E-state index in [0.29, 0.717) is 28.9 Å². The molecule has 172 valence electrons. The lowest BCUT2D eigenvalue weighted by atomic mass is 9.90. The fourth-order valence-electron chi connectivity index (χ4n) is 3.53. The summed E-state index contributed by atoms with van der Waals surface area (Å²) >= 11 is 0. The first-order chi connectivity index (χ1) is 14.9. The van der Waals surface area contributed by atoms with Crippen LogP contribution in [-0.4, -0.2) is 26.5 Å². The molecule has 0 atom stereocenters. The van der Waals surface area contributed by atoms with Gasteiger partial charge in [-0.25, -0.2) is 4.68 Å². The highest BCUT2D eigenvalue weighted by Crippen LogP contribution is 2.35. The van der Waals surface area contributed by atoms with Crippen LogP contribution in [0.1, 0.15) is 80.7 Å². The van der Waals surface area contributed by atoms with Crippen LogP contribution in [0.3, 0.4) is 0 Å². The number of hydrogen-bond acceptors (Lipinski definition) is 6. The fourth-order valence-corrected chi connectivity index (χ4v) is 3.53. The highest BCUT2D eigenvalue weighted by Gasteiger charge is 2.29. The third-order valence-electron chi connectivity index (χ3n) is 5.35. The van der Waals surface area contributed by atoms with Gasteiger partial charge in [-0.2, -0.15) is 5.10 Å². The third kappa shape index (κ3) is 4.95. The number of nitro benzene ring substituents is 1. The van der Waals surface area contributed by atoms with Crippen molar-refractivity contribution in [3.63, 3.8) is 0 Å². The number of benzene rings is 1. The van der Waals surface area contributed by atoms with Gasteiger partial charge in [0.1, 0.15) is 5.56 Å². The smallest absolute Gasteiger partial charge is 0.312 e. The molecular weight excluding hydrogens is 410 g/mol. The van der Waals surface area contributed by atoms with Crippen LogP contribution in [0.15, 0.2) is 17.7 Å². The zero-order valence-electron chi connectivity index (χ0n) is 20.0. The molecule has 32 heavy (non-hydrogen) atoms. The average molecular weight is 442 g/mol. The molecule has 0 amide bonds. The van der Waals surface area contributed by atoms with E-state index < -0.39 is 10.9 Å². The van der Waals surface area contributed by atoms with Crippen molar-refractivity contribution in [2.45, 2.75) is 68.4 Å². The van der Waals surface area contributed by atoms with Crippen LogP contribution in [0.2, 0.25) is 0 Å². The molecule has 1 heterocycles. The average Bonchev–Trinajstić information content (AvgIpc) is 3.00. The topological polar surface area (TPSA) is 104 Å². The summed E-state index contributed by atoms with van der Waals surface area (Å²) in [6.45, 7) is 15.1. The van der Waals surface area contributed by atoms with E-state index in [4.69, 9.17) is 4.74 Å². The molecule has 0 saturated heterocycles. The normalized spacial score (nSPS) is 10.9. The molecule has 8 nitrogen and oxygen atoms in total. The lowest BCUT2D eigenvalue weighted by Crippen LogP contribution is -2.16. The summed E-state index contributed by atoms with van der Waals surface area (Å²) in [5.41, 5.74) is 3.49. The minimum absolute atomic E-state index is 0.0531. The second kappa shape index (κ2) is 9.89. The molecule has 2 rings (SSSR count). The van der Waals surface area contributed by atoms with Crippen molar-refractivity contribution in [2.24, 2.45) is 5.92 Å². The first kappa shape index (κ1) is 25.0. The monoisotopic (exact) mass is 441 g/mol. The Bertz CT molecular complexity index is 1110. The quantitative estimate of drug-likeness (QED) is 0.234. The number of carbonyl (C=O) groups is 2. The number of ether oxygens (including phenoxy) is 1. The van der Waals surface area contributed by atoms with Crippen LogP contribution in [-0.2, 0) is 11.3 Å². The van der Waals surface area contributed by atoms with Crippen molar-refractivity contribution in [3.8, 4) is 5.88 Å². The van der Waals surface area contributed by atoms with Crippen LogP contribution in [0, 0.1) is 29.9 Å². The highest BCUT2D eigenvalue weighted by molar-refractivity contribution is 6.13. The van der Waals surface area contributed by atoms with Gasteiger partial charge in [0.25, 0.3) is 5.69 Å². The lowest BCUT2D eigenvalue weighted by molar-refractivity contribution is -0.385. The predicted molar refractivity (Wildman–Crippen MR) is 123 cm³/mol. The largest absolute Gasteiger partial charge is 0.407 e. The van der Waals surface area contributed by atoms with E-state index >= 15 is 0 Å². The van der Waals surface area contributed by atoms with Gasteiger partial charge in [0.05, 0.1) is 16.2 Å². The Balaban J connectivity index is 2.76. The third-order valence-corrected chi connectivity index (χ3v) is 5.35. The summed E-state index contributed by atoms with van der Waals surface area (Å²) in [4.78, 5) is 37.0. The maximum absolute atomic E-state index is 13.7. The minimum Gasteiger partial charge on any atom is -0.407 e. The molecule has 1 aromatic carbocycles. The van der Waals surface area contributed by atoms with Gasteiger partial charge in [-0.05, 0) is 57.7 Å². The Kier molecular flexibility index (Phi) is 7.72. The first-order valence-corrected chi connectivity index (χ1v) is 10.7. The Morgan fingerprint density at radius 2 is 1.78 bits per heavy atom. The van der Waals surface area contributed by atoms with Crippen molar-refractivity contribution in [2.75, 3.05) is 0 Å². The number of ketones is 1. The number of carbonyl (C=O) groups excluding carboxylic acids is 2. The van der Waals surface area contributed by atoms with Crippen molar-refractivity contribution in [1.82, 2.24) is 9.78 Å². The highest BCUT2D eigenvalue weighted by atomic mass is 16.6. The maximum Gasteiger partial charge on any atom is 0.312 e. The van der Waals surface area contributed by atoms with Crippen LogP contribution < -0.4 is 4.74 Å². The van der Waals surface area contributed by atoms with Gasteiger partial charge < -0.3 is 4.74 Å². The Hall–Kier alpha value is -3.29. The number of esters is 1. The molecule has 2 aromatic rings. The SMILES string of the molecule is CCC(=O)Oc1c(C(=O)c2ccc([N+](=O)[O-])c(C(C)=C(C)C)c2C)c(C)nn1CC(C)C. The zero-order chi connectivity index (χ0) is 24.3. The summed E-state index contributed by atoms with van der Waals surface area (Å²) < 4.78 is 7.08. The maximum atomic E-state index is 13.7. The van der Waals surface area contributed by atoms with Gasteiger partial charge in [0.2, 0.25) is 11.7 Å². The molecule has 0 spiro atoms. The summed E-state index contributed by atoms with van der Waals surface area (Å²) in [5, 5.41) is 16.1. The van der Waals surface area contributed by atoms with E-state index in [1.165, 1.54) is 12.1 Å². The molecule has 0 saturated carbocycles. The second-order valence-corrected chi connectivity index (χ2v) is 8.51. The molecule has 0 fully saturated rings. The second-order valence-electron chi connectivity index (χ2n) is 8.51. The molecule has 0 aliphatic rings. The minimum atomic E-state index is -0.467. The van der Waals surface area contributed by atoms with Gasteiger partial charge in [-0.1, -0.05) is 26.3 Å². The number of allylic oxidation sites excluding steroid dienone is 2. The van der Waals surface area contributed by atoms with Crippen LogP contribution in [0.5, 0.6) is 5.88 Å². The number of aromatic nitrogens is 2. The fraction of sp³-hybridized carbons (Fsp3) is 0.458. The summed E-state index contributed by atoms with van der Waals surface area (Å²) in [7, 11) is 0. The van der Waals surface area contributed by atoms with Gasteiger partial charge in [-0.3, -0.25) is 19.7 Å². The lowest BCUT2D eigenvalue weighted by Gasteiger charge is -2.14. The van der Waals surface area contributed by atoms with E-state index in [-0.39, 0.29) is 35.3 Å². The van der Waals surface area contributed by atoms with E-state index in [2.05, 4.69) is 5.10 Å². The Morgan fingerprint density at radius 1 is 1.16 bits per heavy atom. The first-order valence-electron chi connectivity index (χ1n) is 10.7. The molecule has 8 heteroatoms. The molecule has 0 unspecified atom stereocenters. The van der Waals surface area contributed by atoms with Crippen molar-refractivity contribution < 1.29 is 19.2 Å². The molecule has 0 radical (unpaired) electrons. The molecule has 1 aromatic heterocycles. The molecule has 0 aliphatic carbocycles. The number of nitrogens with zero attached hydrogens (tertiary/aromatic N) is 3. The number of rotatable bonds is 8. The number of hydrogen-bond donors (Lipinski definition) is 0. The van der Waals surface area contributed by atoms with E-state index in [9.17, 15) is 19.7 Å². The molecular formula is C24H31N3O5. The van der Waals surface area contributed by atoms with Gasteiger partial charge in [0, 0.05) is 24.6 Å². The molecule has 0 bridgehead atoms. The number of nitro groups is 1. The van der Waals surface area contributed by atoms with Gasteiger partial charge in [-0.15, -0.1) is 0 Å². The van der Waals surface area contributed by atoms with Crippen molar-refractivity contribution >= 4 is 23.0 Å². The van der Waals surface area contributed by atoms with Crippen LogP contribution in [0.25, 0.3) is 5.57 Å². The van der Waals surface area contributed by atoms with Crippen LogP contribution >= 0.6 is 0 Å².